The number of alkyl halides is 3. The third-order valence-electron chi connectivity index (χ3n) is 11.1. The molecule has 3 aliphatic rings. The first-order valence-corrected chi connectivity index (χ1v) is 18.7. The van der Waals surface area contributed by atoms with Gasteiger partial charge in [0.2, 0.25) is 17.7 Å². The van der Waals surface area contributed by atoms with Crippen molar-refractivity contribution in [2.24, 2.45) is 13.0 Å². The van der Waals surface area contributed by atoms with Crippen molar-refractivity contribution in [3.8, 4) is 16.9 Å². The molecule has 3 aliphatic heterocycles. The number of hydrogen-bond donors (Lipinski definition) is 2. The Balaban J connectivity index is 0.917. The minimum absolute atomic E-state index is 0.0722. The van der Waals surface area contributed by atoms with Crippen LogP contribution in [-0.2, 0) is 27.9 Å². The number of hydrogen-bond acceptors (Lipinski definition) is 7. The summed E-state index contributed by atoms with van der Waals surface area (Å²) in [5.74, 6) is -0.987. The molecule has 10 nitrogen and oxygen atoms in total. The number of likely N-dealkylation sites (tertiary alicyclic amines) is 2. The second-order valence-electron chi connectivity index (χ2n) is 14.9. The number of pyridine rings is 1. The lowest BCUT2D eigenvalue weighted by Crippen LogP contribution is -2.47. The van der Waals surface area contributed by atoms with Crippen molar-refractivity contribution in [1.29, 1.82) is 0 Å². The summed E-state index contributed by atoms with van der Waals surface area (Å²) in [5.41, 5.74) is 2.82. The molecule has 7 rings (SSSR count). The van der Waals surface area contributed by atoms with Gasteiger partial charge in [-0.15, -0.1) is 13.2 Å². The molecule has 1 aromatic heterocycles. The zero-order valence-electron chi connectivity index (χ0n) is 30.5. The van der Waals surface area contributed by atoms with Crippen LogP contribution in [0.5, 0.6) is 5.75 Å². The third kappa shape index (κ3) is 9.01. The molecule has 3 saturated heterocycles. The largest absolute Gasteiger partial charge is 0.573 e. The second-order valence-corrected chi connectivity index (χ2v) is 14.9. The molecule has 1 unspecified atom stereocenters. The van der Waals surface area contributed by atoms with Crippen LogP contribution in [0.4, 0.5) is 23.2 Å². The Morgan fingerprint density at radius 1 is 0.891 bits per heavy atom. The molecule has 2 N–H and O–H groups in total. The maximum atomic E-state index is 14.2. The van der Waals surface area contributed by atoms with Crippen LogP contribution in [0.1, 0.15) is 55.6 Å². The van der Waals surface area contributed by atoms with Crippen molar-refractivity contribution in [3.63, 3.8) is 0 Å². The van der Waals surface area contributed by atoms with Crippen LogP contribution in [0, 0.1) is 11.7 Å². The van der Waals surface area contributed by atoms with Crippen LogP contribution < -0.4 is 20.9 Å². The average molecular weight is 762 g/mol. The Hall–Kier alpha value is -5.24. The molecule has 0 radical (unpaired) electrons. The molecule has 3 amide bonds. The Morgan fingerprint density at radius 3 is 2.31 bits per heavy atom. The first kappa shape index (κ1) is 38.1. The van der Waals surface area contributed by atoms with Crippen LogP contribution in [-0.4, -0.2) is 77.2 Å². The summed E-state index contributed by atoms with van der Waals surface area (Å²) >= 11 is 0. The smallest absolute Gasteiger partial charge is 0.405 e. The van der Waals surface area contributed by atoms with E-state index in [-0.39, 0.29) is 40.3 Å². The fourth-order valence-corrected chi connectivity index (χ4v) is 8.08. The van der Waals surface area contributed by atoms with E-state index in [0.717, 1.165) is 18.5 Å². The van der Waals surface area contributed by atoms with Gasteiger partial charge in [-0.05, 0) is 122 Å². The van der Waals surface area contributed by atoms with Crippen molar-refractivity contribution in [2.45, 2.75) is 63.3 Å². The van der Waals surface area contributed by atoms with Crippen LogP contribution in [0.25, 0.3) is 21.9 Å². The number of imide groups is 1. The van der Waals surface area contributed by atoms with Gasteiger partial charge in [-0.3, -0.25) is 29.4 Å². The highest BCUT2D eigenvalue weighted by Crippen LogP contribution is 2.37. The van der Waals surface area contributed by atoms with Crippen molar-refractivity contribution in [2.75, 3.05) is 38.0 Å². The van der Waals surface area contributed by atoms with E-state index in [4.69, 9.17) is 0 Å². The number of nitrogens with zero attached hydrogens (tertiary/aromatic N) is 3. The number of benzene rings is 3. The van der Waals surface area contributed by atoms with Gasteiger partial charge in [-0.2, -0.15) is 0 Å². The summed E-state index contributed by atoms with van der Waals surface area (Å²) < 4.78 is 60.9. The van der Waals surface area contributed by atoms with Gasteiger partial charge >= 0.3 is 6.36 Å². The van der Waals surface area contributed by atoms with Crippen LogP contribution >= 0.6 is 0 Å². The fraction of sp³-hybridized carbons (Fsp3) is 0.415. The average Bonchev–Trinajstić information content (AvgIpc) is 3.15. The summed E-state index contributed by atoms with van der Waals surface area (Å²) in [7, 11) is 1.54. The number of carbonyl (C=O) groups is 3. The van der Waals surface area contributed by atoms with E-state index in [1.54, 1.807) is 12.1 Å². The number of anilines is 1. The van der Waals surface area contributed by atoms with Crippen molar-refractivity contribution < 1.29 is 36.7 Å². The van der Waals surface area contributed by atoms with Crippen LogP contribution in [0.2, 0.25) is 0 Å². The molecule has 0 bridgehead atoms. The lowest BCUT2D eigenvalue weighted by Gasteiger charge is -2.36. The number of nitrogens with one attached hydrogen (secondary N) is 2. The Kier molecular flexibility index (Phi) is 11.0. The number of aryl methyl sites for hydroxylation is 1. The molecule has 14 heteroatoms. The lowest BCUT2D eigenvalue weighted by molar-refractivity contribution is -0.274. The molecule has 55 heavy (non-hydrogen) atoms. The normalized spacial score (nSPS) is 19.1. The number of ether oxygens (including phenoxy) is 1. The van der Waals surface area contributed by atoms with Crippen LogP contribution in [0.15, 0.2) is 71.7 Å². The maximum absolute atomic E-state index is 14.2. The highest BCUT2D eigenvalue weighted by atomic mass is 19.4. The van der Waals surface area contributed by atoms with Gasteiger partial charge < -0.3 is 19.5 Å². The van der Waals surface area contributed by atoms with Gasteiger partial charge in [-0.1, -0.05) is 24.3 Å². The van der Waals surface area contributed by atoms with Gasteiger partial charge in [-0.25, -0.2) is 4.39 Å². The first-order chi connectivity index (χ1) is 26.3. The standard InChI is InChI=1S/C41H43F4N5O5/c1-48-23-34(33-22-30(42)6-9-32(33)40(48)54)28-2-3-29(36(21-28)55-41(43,44)45)20-25-12-16-49(17-13-25)24-38(52)50-18-14-27(15-19-50)26-4-7-31(8-5-26)46-35-10-11-37(51)47-39(35)53/h2-9,21-23,25,27,35,46H,10-20,24H2,1H3,(H,47,51,53). The highest BCUT2D eigenvalue weighted by Gasteiger charge is 2.33. The van der Waals surface area contributed by atoms with E-state index in [1.165, 1.54) is 47.6 Å². The van der Waals surface area contributed by atoms with E-state index < -0.39 is 18.2 Å². The predicted molar refractivity (Wildman–Crippen MR) is 199 cm³/mol. The number of rotatable bonds is 9. The number of halogens is 4. The van der Waals surface area contributed by atoms with Crippen molar-refractivity contribution >= 4 is 34.2 Å². The molecule has 4 heterocycles. The highest BCUT2D eigenvalue weighted by molar-refractivity contribution is 6.01. The lowest BCUT2D eigenvalue weighted by atomic mass is 9.88. The minimum atomic E-state index is -4.93. The molecule has 0 spiro atoms. The van der Waals surface area contributed by atoms with Gasteiger partial charge in [0.1, 0.15) is 17.6 Å². The molecular weight excluding hydrogens is 718 g/mol. The monoisotopic (exact) mass is 761 g/mol. The van der Waals surface area contributed by atoms with Crippen molar-refractivity contribution in [3.05, 3.63) is 94.2 Å². The molecule has 0 aliphatic carbocycles. The number of fused-ring (bicyclic) bond motifs is 1. The first-order valence-electron chi connectivity index (χ1n) is 18.7. The van der Waals surface area contributed by atoms with Crippen LogP contribution in [0.3, 0.4) is 0 Å². The third-order valence-corrected chi connectivity index (χ3v) is 11.1. The zero-order chi connectivity index (χ0) is 38.9. The SMILES string of the molecule is Cn1cc(-c2ccc(CC3CCN(CC(=O)N4CCC(c5ccc(NC6CCC(=O)NC6=O)cc5)CC4)CC3)c(OC(F)(F)F)c2)c2cc(F)ccc2c1=O. The van der Waals surface area contributed by atoms with E-state index in [9.17, 15) is 36.7 Å². The van der Waals surface area contributed by atoms with Crippen molar-refractivity contribution in [1.82, 2.24) is 19.7 Å². The second kappa shape index (κ2) is 15.9. The molecule has 4 aromatic rings. The molecule has 1 atom stereocenters. The molecule has 290 valence electrons. The molecule has 3 fully saturated rings. The number of aromatic nitrogens is 1. The number of carbonyl (C=O) groups excluding carboxylic acids is 3. The zero-order valence-corrected chi connectivity index (χ0v) is 30.5. The number of piperidine rings is 3. The molecule has 3 aromatic carbocycles. The number of amides is 3. The quantitative estimate of drug-likeness (QED) is 0.156. The molecular formula is C41H43F4N5O5. The summed E-state index contributed by atoms with van der Waals surface area (Å²) in [4.78, 5) is 53.5. The van der Waals surface area contributed by atoms with Gasteiger partial charge in [0, 0.05) is 49.4 Å². The Morgan fingerprint density at radius 2 is 1.62 bits per heavy atom. The van der Waals surface area contributed by atoms with E-state index in [2.05, 4.69) is 20.3 Å². The van der Waals surface area contributed by atoms with Gasteiger partial charge in [0.05, 0.1) is 6.54 Å². The van der Waals surface area contributed by atoms with E-state index >= 15 is 0 Å². The Bertz CT molecular complexity index is 2140. The molecule has 0 saturated carbocycles. The summed E-state index contributed by atoms with van der Waals surface area (Å²) in [6.45, 7) is 2.89. The maximum Gasteiger partial charge on any atom is 0.573 e. The van der Waals surface area contributed by atoms with E-state index in [1.807, 2.05) is 29.2 Å². The topological polar surface area (TPSA) is 113 Å². The van der Waals surface area contributed by atoms with Gasteiger partial charge in [0.15, 0.2) is 0 Å². The van der Waals surface area contributed by atoms with Gasteiger partial charge in [0.25, 0.3) is 5.56 Å². The summed E-state index contributed by atoms with van der Waals surface area (Å²) in [6.07, 6.45) is 0.781. The Labute approximate surface area is 315 Å². The predicted octanol–water partition coefficient (Wildman–Crippen LogP) is 6.12. The summed E-state index contributed by atoms with van der Waals surface area (Å²) in [6, 6.07) is 15.9. The minimum Gasteiger partial charge on any atom is -0.405 e. The summed E-state index contributed by atoms with van der Waals surface area (Å²) in [5, 5.41) is 6.11. The van der Waals surface area contributed by atoms with E-state index in [0.29, 0.717) is 92.8 Å². The fourth-order valence-electron chi connectivity index (χ4n) is 8.08.